The SMILES string of the molecule is Cc1cc(-c2ccc(/C=c3\sc4n(c3=O)[C@H](c3ccccc3)C3=C(N=4)c4ccccc4CC3)o2)cc([N+](=O)[O-])c1C. The second-order valence-electron chi connectivity index (χ2n) is 10.4. The summed E-state index contributed by atoms with van der Waals surface area (Å²) in [6, 6.07) is 25.2. The van der Waals surface area contributed by atoms with Crippen molar-refractivity contribution in [3.05, 3.63) is 148 Å². The quantitative estimate of drug-likeness (QED) is 0.196. The predicted molar refractivity (Wildman–Crippen MR) is 159 cm³/mol. The van der Waals surface area contributed by atoms with Gasteiger partial charge in [0.15, 0.2) is 4.80 Å². The van der Waals surface area contributed by atoms with Crippen LogP contribution in [0, 0.1) is 24.0 Å². The maximum Gasteiger partial charge on any atom is 0.273 e. The molecule has 41 heavy (non-hydrogen) atoms. The third-order valence-electron chi connectivity index (χ3n) is 8.01. The maximum atomic E-state index is 13.9. The Hall–Kier alpha value is -4.82. The lowest BCUT2D eigenvalue weighted by molar-refractivity contribution is -0.385. The van der Waals surface area contributed by atoms with Crippen LogP contribution in [0.5, 0.6) is 0 Å². The minimum atomic E-state index is -0.377. The summed E-state index contributed by atoms with van der Waals surface area (Å²) < 4.78 is 8.42. The van der Waals surface area contributed by atoms with E-state index in [1.807, 2.05) is 41.8 Å². The van der Waals surface area contributed by atoms with Crippen LogP contribution in [0.25, 0.3) is 23.1 Å². The molecule has 7 nitrogen and oxygen atoms in total. The van der Waals surface area contributed by atoms with Crippen molar-refractivity contribution in [1.82, 2.24) is 4.57 Å². The van der Waals surface area contributed by atoms with Gasteiger partial charge in [-0.05, 0) is 67.2 Å². The van der Waals surface area contributed by atoms with E-state index < -0.39 is 0 Å². The number of nitro groups is 1. The molecule has 2 aliphatic rings. The van der Waals surface area contributed by atoms with E-state index in [0.717, 1.165) is 40.8 Å². The number of aromatic nitrogens is 1. The number of hydrogen-bond donors (Lipinski definition) is 0. The highest BCUT2D eigenvalue weighted by atomic mass is 32.1. The molecule has 2 aromatic heterocycles. The van der Waals surface area contributed by atoms with Crippen LogP contribution < -0.4 is 14.9 Å². The Morgan fingerprint density at radius 1 is 1.02 bits per heavy atom. The van der Waals surface area contributed by atoms with Crippen molar-refractivity contribution in [2.24, 2.45) is 4.99 Å². The lowest BCUT2D eigenvalue weighted by Crippen LogP contribution is -2.38. The molecule has 0 saturated carbocycles. The normalized spacial score (nSPS) is 16.1. The highest BCUT2D eigenvalue weighted by molar-refractivity contribution is 7.07. The summed E-state index contributed by atoms with van der Waals surface area (Å²) in [5.41, 5.74) is 7.58. The van der Waals surface area contributed by atoms with E-state index >= 15 is 0 Å². The Kier molecular flexibility index (Phi) is 5.94. The lowest BCUT2D eigenvalue weighted by Gasteiger charge is -2.30. The minimum absolute atomic E-state index is 0.0534. The molecule has 0 saturated heterocycles. The molecule has 0 amide bonds. The second kappa shape index (κ2) is 9.67. The Bertz CT molecular complexity index is 2080. The Balaban J connectivity index is 1.37. The van der Waals surface area contributed by atoms with Crippen molar-refractivity contribution in [2.75, 3.05) is 0 Å². The van der Waals surface area contributed by atoms with Crippen LogP contribution in [-0.4, -0.2) is 9.49 Å². The zero-order valence-corrected chi connectivity index (χ0v) is 23.3. The first-order valence-corrected chi connectivity index (χ1v) is 14.2. The second-order valence-corrected chi connectivity index (χ2v) is 11.4. The van der Waals surface area contributed by atoms with Gasteiger partial charge in [0.05, 0.1) is 21.2 Å². The van der Waals surface area contributed by atoms with E-state index in [9.17, 15) is 14.9 Å². The molecule has 0 bridgehead atoms. The summed E-state index contributed by atoms with van der Waals surface area (Å²) in [5, 5.41) is 11.5. The molecule has 3 aromatic carbocycles. The molecule has 1 aliphatic heterocycles. The van der Waals surface area contributed by atoms with Gasteiger partial charge in [0, 0.05) is 28.8 Å². The van der Waals surface area contributed by atoms with Crippen molar-refractivity contribution in [3.63, 3.8) is 0 Å². The molecule has 0 spiro atoms. The summed E-state index contributed by atoms with van der Waals surface area (Å²) in [7, 11) is 0. The fraction of sp³-hybridized carbons (Fsp3) is 0.152. The standard InChI is InChI=1S/C33H25N3O4S/c1-19-16-23(17-27(20(19)2)36(38)39)28-15-13-24(40-28)18-29-32(37)35-31(22-9-4-3-5-10-22)26-14-12-21-8-6-7-11-25(21)30(26)34-33(35)41-29/h3-11,13,15-18,31H,12,14H2,1-2H3/b29-18-/t31-/m1/s1. The van der Waals surface area contributed by atoms with Gasteiger partial charge < -0.3 is 4.42 Å². The Morgan fingerprint density at radius 3 is 2.61 bits per heavy atom. The van der Waals surface area contributed by atoms with Crippen LogP contribution in [0.3, 0.4) is 0 Å². The number of benzene rings is 3. The van der Waals surface area contributed by atoms with Gasteiger partial charge in [0.1, 0.15) is 11.5 Å². The minimum Gasteiger partial charge on any atom is -0.457 e. The van der Waals surface area contributed by atoms with Crippen LogP contribution in [0.1, 0.15) is 46.0 Å². The summed E-state index contributed by atoms with van der Waals surface area (Å²) >= 11 is 1.35. The number of nitrogens with zero attached hydrogens (tertiary/aromatic N) is 3. The first-order chi connectivity index (χ1) is 19.9. The number of nitro benzene ring substituents is 1. The van der Waals surface area contributed by atoms with E-state index in [-0.39, 0.29) is 22.2 Å². The smallest absolute Gasteiger partial charge is 0.273 e. The summed E-state index contributed by atoms with van der Waals surface area (Å²) in [6.45, 7) is 3.58. The highest BCUT2D eigenvalue weighted by Crippen LogP contribution is 2.41. The largest absolute Gasteiger partial charge is 0.457 e. The first kappa shape index (κ1) is 25.2. The van der Waals surface area contributed by atoms with Crippen molar-refractivity contribution < 1.29 is 9.34 Å². The van der Waals surface area contributed by atoms with Crippen LogP contribution in [0.15, 0.2) is 98.6 Å². The zero-order valence-electron chi connectivity index (χ0n) is 22.5. The van der Waals surface area contributed by atoms with Gasteiger partial charge >= 0.3 is 0 Å². The molecule has 1 aliphatic carbocycles. The first-order valence-electron chi connectivity index (χ1n) is 13.4. The molecule has 0 N–H and O–H groups in total. The molecule has 202 valence electrons. The van der Waals surface area contributed by atoms with Crippen LogP contribution in [0.2, 0.25) is 0 Å². The van der Waals surface area contributed by atoms with Crippen molar-refractivity contribution >= 4 is 28.8 Å². The molecule has 7 rings (SSSR count). The summed E-state index contributed by atoms with van der Waals surface area (Å²) in [5.74, 6) is 1.00. The zero-order chi connectivity index (χ0) is 28.2. The van der Waals surface area contributed by atoms with Gasteiger partial charge in [-0.3, -0.25) is 19.5 Å². The van der Waals surface area contributed by atoms with E-state index in [0.29, 0.717) is 32.0 Å². The third kappa shape index (κ3) is 4.19. The maximum absolute atomic E-state index is 13.9. The van der Waals surface area contributed by atoms with Crippen LogP contribution in [0.4, 0.5) is 5.69 Å². The van der Waals surface area contributed by atoms with E-state index in [4.69, 9.17) is 9.41 Å². The molecule has 0 unspecified atom stereocenters. The molecule has 3 heterocycles. The number of aryl methyl sites for hydroxylation is 2. The highest BCUT2D eigenvalue weighted by Gasteiger charge is 2.32. The van der Waals surface area contributed by atoms with Gasteiger partial charge in [-0.15, -0.1) is 0 Å². The number of allylic oxidation sites excluding steroid dienone is 1. The van der Waals surface area contributed by atoms with Gasteiger partial charge in [-0.1, -0.05) is 65.9 Å². The van der Waals surface area contributed by atoms with E-state index in [1.54, 1.807) is 25.1 Å². The summed E-state index contributed by atoms with van der Waals surface area (Å²) in [4.78, 5) is 30.8. The molecular formula is C33H25N3O4S. The molecular weight excluding hydrogens is 534 g/mol. The molecule has 0 fully saturated rings. The van der Waals surface area contributed by atoms with Gasteiger partial charge in [0.2, 0.25) is 0 Å². The van der Waals surface area contributed by atoms with Gasteiger partial charge in [-0.2, -0.15) is 0 Å². The monoisotopic (exact) mass is 559 g/mol. The average molecular weight is 560 g/mol. The van der Waals surface area contributed by atoms with Gasteiger partial charge in [0.25, 0.3) is 11.2 Å². The molecule has 5 aromatic rings. The summed E-state index contributed by atoms with van der Waals surface area (Å²) in [6.07, 6.45) is 3.48. The van der Waals surface area contributed by atoms with Crippen molar-refractivity contribution in [3.8, 4) is 11.3 Å². The fourth-order valence-corrected chi connectivity index (χ4v) is 6.83. The van der Waals surface area contributed by atoms with Crippen LogP contribution in [-0.2, 0) is 6.42 Å². The topological polar surface area (TPSA) is 90.6 Å². The Morgan fingerprint density at radius 2 is 1.80 bits per heavy atom. The molecule has 1 atom stereocenters. The van der Waals surface area contributed by atoms with Crippen molar-refractivity contribution in [2.45, 2.75) is 32.7 Å². The van der Waals surface area contributed by atoms with E-state index in [2.05, 4.69) is 30.3 Å². The molecule has 8 heteroatoms. The number of furan rings is 1. The number of fused-ring (bicyclic) bond motifs is 3. The Labute approximate surface area is 239 Å². The van der Waals surface area contributed by atoms with E-state index in [1.165, 1.54) is 23.0 Å². The molecule has 0 radical (unpaired) electrons. The number of rotatable bonds is 4. The number of thiazole rings is 1. The average Bonchev–Trinajstić information content (AvgIpc) is 3.57. The fourth-order valence-electron chi connectivity index (χ4n) is 5.85. The number of hydrogen-bond acceptors (Lipinski definition) is 6. The van der Waals surface area contributed by atoms with Gasteiger partial charge in [-0.25, -0.2) is 4.99 Å². The third-order valence-corrected chi connectivity index (χ3v) is 8.99. The lowest BCUT2D eigenvalue weighted by atomic mass is 9.83. The van der Waals surface area contributed by atoms with Crippen LogP contribution >= 0.6 is 11.3 Å². The predicted octanol–water partition coefficient (Wildman–Crippen LogP) is 6.10. The van der Waals surface area contributed by atoms with Crippen molar-refractivity contribution in [1.29, 1.82) is 0 Å².